The monoisotopic (exact) mass is 282 g/mol. The van der Waals surface area contributed by atoms with Gasteiger partial charge in [-0.3, -0.25) is 4.79 Å². The van der Waals surface area contributed by atoms with Gasteiger partial charge >= 0.3 is 5.97 Å². The highest BCUT2D eigenvalue weighted by Crippen LogP contribution is 2.42. The standard InChI is InChI=1S/C16H26O4/c1-3-4-5-10(2)13(17)7-6-11-12-8-16(19)20-15(12)9-14(11)18/h6-7,10-15,17-18H,3-5,8-9H2,1-2H3/b7-6+/t10?,11-,12-,13-,14-,15+/m1/s1. The lowest BCUT2D eigenvalue weighted by Gasteiger charge is -2.18. The van der Waals surface area contributed by atoms with Crippen molar-refractivity contribution < 1.29 is 19.7 Å². The summed E-state index contributed by atoms with van der Waals surface area (Å²) in [6.45, 7) is 4.18. The van der Waals surface area contributed by atoms with Gasteiger partial charge in [0.1, 0.15) is 6.10 Å². The Morgan fingerprint density at radius 2 is 2.25 bits per heavy atom. The van der Waals surface area contributed by atoms with Crippen LogP contribution in [0.1, 0.15) is 46.0 Å². The molecule has 6 atom stereocenters. The van der Waals surface area contributed by atoms with Crippen LogP contribution in [0.5, 0.6) is 0 Å². The third kappa shape index (κ3) is 3.41. The molecule has 1 aliphatic carbocycles. The summed E-state index contributed by atoms with van der Waals surface area (Å²) in [5, 5.41) is 20.2. The third-order valence-corrected chi connectivity index (χ3v) is 4.70. The first kappa shape index (κ1) is 15.5. The van der Waals surface area contributed by atoms with E-state index in [-0.39, 0.29) is 29.8 Å². The maximum Gasteiger partial charge on any atom is 0.306 e. The van der Waals surface area contributed by atoms with Crippen molar-refractivity contribution in [2.75, 3.05) is 0 Å². The zero-order chi connectivity index (χ0) is 14.7. The molecule has 1 heterocycles. The van der Waals surface area contributed by atoms with Crippen molar-refractivity contribution in [1.82, 2.24) is 0 Å². The minimum atomic E-state index is -0.481. The molecular formula is C16H26O4. The number of hydrogen-bond donors (Lipinski definition) is 2. The van der Waals surface area contributed by atoms with Crippen LogP contribution in [0.15, 0.2) is 12.2 Å². The van der Waals surface area contributed by atoms with Crippen LogP contribution >= 0.6 is 0 Å². The molecule has 20 heavy (non-hydrogen) atoms. The van der Waals surface area contributed by atoms with Gasteiger partial charge < -0.3 is 14.9 Å². The maximum atomic E-state index is 11.3. The molecule has 1 unspecified atom stereocenters. The largest absolute Gasteiger partial charge is 0.462 e. The molecule has 0 aromatic carbocycles. The first-order valence-corrected chi connectivity index (χ1v) is 7.76. The quantitative estimate of drug-likeness (QED) is 0.578. The summed E-state index contributed by atoms with van der Waals surface area (Å²) in [6, 6.07) is 0. The second-order valence-electron chi connectivity index (χ2n) is 6.27. The SMILES string of the molecule is CCCCC(C)[C@H](O)/C=C/[C@@H]1[C@H]2CC(=O)O[C@H]2C[C@H]1O. The lowest BCUT2D eigenvalue weighted by atomic mass is 9.90. The number of carbonyl (C=O) groups excluding carboxylic acids is 1. The predicted octanol–water partition coefficient (Wildman–Crippen LogP) is 2.04. The van der Waals surface area contributed by atoms with Crippen molar-refractivity contribution in [3.8, 4) is 0 Å². The summed E-state index contributed by atoms with van der Waals surface area (Å²) < 4.78 is 5.20. The van der Waals surface area contributed by atoms with Crippen molar-refractivity contribution in [2.24, 2.45) is 17.8 Å². The molecule has 1 saturated heterocycles. The first-order valence-electron chi connectivity index (χ1n) is 7.76. The number of aliphatic hydroxyl groups is 2. The summed E-state index contributed by atoms with van der Waals surface area (Å²) >= 11 is 0. The summed E-state index contributed by atoms with van der Waals surface area (Å²) in [6.07, 6.45) is 6.76. The Balaban J connectivity index is 1.91. The van der Waals surface area contributed by atoms with E-state index in [2.05, 4.69) is 6.92 Å². The Kier molecular flexibility index (Phi) is 5.22. The highest BCUT2D eigenvalue weighted by Gasteiger charge is 2.48. The van der Waals surface area contributed by atoms with Crippen LogP contribution in [0, 0.1) is 17.8 Å². The molecule has 2 aliphatic rings. The van der Waals surface area contributed by atoms with Gasteiger partial charge in [-0.2, -0.15) is 0 Å². The van der Waals surface area contributed by atoms with Crippen LogP contribution in [-0.2, 0) is 9.53 Å². The summed E-state index contributed by atoms with van der Waals surface area (Å²) in [5.41, 5.74) is 0. The number of fused-ring (bicyclic) bond motifs is 1. The van der Waals surface area contributed by atoms with Gasteiger partial charge in [-0.1, -0.05) is 38.8 Å². The molecule has 114 valence electrons. The van der Waals surface area contributed by atoms with Crippen LogP contribution in [0.3, 0.4) is 0 Å². The van der Waals surface area contributed by atoms with E-state index in [1.54, 1.807) is 6.08 Å². The van der Waals surface area contributed by atoms with Gasteiger partial charge in [0.05, 0.1) is 18.6 Å². The van der Waals surface area contributed by atoms with Gasteiger partial charge in [-0.05, 0) is 12.3 Å². The van der Waals surface area contributed by atoms with E-state index < -0.39 is 12.2 Å². The van der Waals surface area contributed by atoms with E-state index in [4.69, 9.17) is 4.74 Å². The second-order valence-corrected chi connectivity index (χ2v) is 6.27. The zero-order valence-corrected chi connectivity index (χ0v) is 12.4. The van der Waals surface area contributed by atoms with E-state index in [1.807, 2.05) is 13.0 Å². The molecule has 0 radical (unpaired) electrons. The number of rotatable bonds is 6. The molecule has 2 fully saturated rings. The number of unbranched alkanes of at least 4 members (excludes halogenated alkanes) is 1. The molecule has 0 bridgehead atoms. The Morgan fingerprint density at radius 3 is 2.95 bits per heavy atom. The Bertz CT molecular complexity index is 365. The number of ether oxygens (including phenoxy) is 1. The molecule has 0 aromatic rings. The minimum absolute atomic E-state index is 0.0699. The van der Waals surface area contributed by atoms with Crippen LogP contribution in [0.2, 0.25) is 0 Å². The van der Waals surface area contributed by atoms with Crippen molar-refractivity contribution in [2.45, 2.75) is 64.3 Å². The normalized spacial score (nSPS) is 36.1. The fraction of sp³-hybridized carbons (Fsp3) is 0.812. The van der Waals surface area contributed by atoms with Gasteiger partial charge in [0.2, 0.25) is 0 Å². The van der Waals surface area contributed by atoms with Crippen molar-refractivity contribution in [3.63, 3.8) is 0 Å². The van der Waals surface area contributed by atoms with Crippen LogP contribution in [0.25, 0.3) is 0 Å². The van der Waals surface area contributed by atoms with Crippen LogP contribution in [-0.4, -0.2) is 34.5 Å². The van der Waals surface area contributed by atoms with E-state index in [0.717, 1.165) is 19.3 Å². The highest BCUT2D eigenvalue weighted by atomic mass is 16.6. The lowest BCUT2D eigenvalue weighted by molar-refractivity contribution is -0.141. The Hall–Kier alpha value is -0.870. The second kappa shape index (κ2) is 6.72. The molecule has 0 spiro atoms. The molecule has 1 aliphatic heterocycles. The van der Waals surface area contributed by atoms with Gasteiger partial charge in [0, 0.05) is 18.3 Å². The zero-order valence-electron chi connectivity index (χ0n) is 12.4. The molecule has 2 rings (SSSR count). The molecule has 0 amide bonds. The van der Waals surface area contributed by atoms with Gasteiger partial charge in [0.15, 0.2) is 0 Å². The molecular weight excluding hydrogens is 256 g/mol. The van der Waals surface area contributed by atoms with E-state index in [0.29, 0.717) is 12.8 Å². The smallest absolute Gasteiger partial charge is 0.306 e. The fourth-order valence-corrected chi connectivity index (χ4v) is 3.32. The summed E-state index contributed by atoms with van der Waals surface area (Å²) in [5.74, 6) is 0.0653. The molecule has 1 saturated carbocycles. The minimum Gasteiger partial charge on any atom is -0.462 e. The predicted molar refractivity (Wildman–Crippen MR) is 75.9 cm³/mol. The van der Waals surface area contributed by atoms with E-state index >= 15 is 0 Å². The number of carbonyl (C=O) groups is 1. The first-order chi connectivity index (χ1) is 9.52. The molecule has 0 aromatic heterocycles. The average molecular weight is 282 g/mol. The van der Waals surface area contributed by atoms with E-state index in [1.165, 1.54) is 0 Å². The molecule has 4 nitrogen and oxygen atoms in total. The van der Waals surface area contributed by atoms with Crippen molar-refractivity contribution in [1.29, 1.82) is 0 Å². The van der Waals surface area contributed by atoms with Crippen LogP contribution in [0.4, 0.5) is 0 Å². The average Bonchev–Trinajstić information content (AvgIpc) is 2.88. The Morgan fingerprint density at radius 1 is 1.50 bits per heavy atom. The molecule has 2 N–H and O–H groups in total. The Labute approximate surface area is 120 Å². The van der Waals surface area contributed by atoms with Crippen molar-refractivity contribution >= 4 is 5.97 Å². The van der Waals surface area contributed by atoms with Gasteiger partial charge in [-0.25, -0.2) is 0 Å². The van der Waals surface area contributed by atoms with Gasteiger partial charge in [0.25, 0.3) is 0 Å². The number of hydrogen-bond acceptors (Lipinski definition) is 4. The topological polar surface area (TPSA) is 66.8 Å². The van der Waals surface area contributed by atoms with Crippen molar-refractivity contribution in [3.05, 3.63) is 12.2 Å². The van der Waals surface area contributed by atoms with Crippen LogP contribution < -0.4 is 0 Å². The highest BCUT2D eigenvalue weighted by molar-refractivity contribution is 5.72. The lowest BCUT2D eigenvalue weighted by Crippen LogP contribution is -2.20. The summed E-state index contributed by atoms with van der Waals surface area (Å²) in [4.78, 5) is 11.3. The third-order valence-electron chi connectivity index (χ3n) is 4.70. The molecule has 4 heteroatoms. The van der Waals surface area contributed by atoms with Gasteiger partial charge in [-0.15, -0.1) is 0 Å². The maximum absolute atomic E-state index is 11.3. The number of esters is 1. The number of aliphatic hydroxyl groups excluding tert-OH is 2. The fourth-order valence-electron chi connectivity index (χ4n) is 3.32. The summed E-state index contributed by atoms with van der Waals surface area (Å²) in [7, 11) is 0. The van der Waals surface area contributed by atoms with E-state index in [9.17, 15) is 15.0 Å².